The van der Waals surface area contributed by atoms with Gasteiger partial charge in [0.15, 0.2) is 0 Å². The molecule has 0 aliphatic rings. The van der Waals surface area contributed by atoms with Crippen molar-refractivity contribution in [1.82, 2.24) is 5.32 Å². The number of thiophene rings is 1. The van der Waals surface area contributed by atoms with E-state index in [2.05, 4.69) is 10.6 Å². The second-order valence-electron chi connectivity index (χ2n) is 5.52. The van der Waals surface area contributed by atoms with Crippen molar-refractivity contribution in [1.29, 1.82) is 0 Å². The van der Waals surface area contributed by atoms with E-state index in [-0.39, 0.29) is 11.8 Å². The van der Waals surface area contributed by atoms with E-state index in [4.69, 9.17) is 0 Å². The zero-order valence-electron chi connectivity index (χ0n) is 14.1. The quantitative estimate of drug-likeness (QED) is 0.614. The van der Waals surface area contributed by atoms with Crippen LogP contribution in [0.4, 0.5) is 5.69 Å². The van der Waals surface area contributed by atoms with Crippen molar-refractivity contribution in [3.05, 3.63) is 82.6 Å². The van der Waals surface area contributed by atoms with E-state index in [1.165, 1.54) is 11.3 Å². The maximum Gasteiger partial charge on any atom is 0.262 e. The summed E-state index contributed by atoms with van der Waals surface area (Å²) in [6.07, 6.45) is 1.98. The van der Waals surface area contributed by atoms with E-state index < -0.39 is 6.04 Å². The molecule has 1 aromatic heterocycles. The topological polar surface area (TPSA) is 58.2 Å². The van der Waals surface area contributed by atoms with Crippen LogP contribution < -0.4 is 10.6 Å². The number of hydrogen-bond acceptors (Lipinski definition) is 4. The second kappa shape index (κ2) is 8.69. The van der Waals surface area contributed by atoms with Crippen LogP contribution in [-0.4, -0.2) is 18.1 Å². The van der Waals surface area contributed by atoms with Crippen LogP contribution in [0.5, 0.6) is 0 Å². The predicted octanol–water partition coefficient (Wildman–Crippen LogP) is 4.58. The Labute approximate surface area is 160 Å². The van der Waals surface area contributed by atoms with Crippen molar-refractivity contribution in [2.24, 2.45) is 0 Å². The van der Waals surface area contributed by atoms with Crippen LogP contribution in [0.15, 0.2) is 77.0 Å². The Kier molecular flexibility index (Phi) is 6.09. The number of rotatable bonds is 6. The first kappa shape index (κ1) is 18.2. The molecule has 2 aromatic carbocycles. The SMILES string of the molecule is CSc1cccc(NC(=O)C(NC(=O)c2cccs2)c2ccccc2)c1. The molecule has 1 heterocycles. The first-order chi connectivity index (χ1) is 12.7. The first-order valence-corrected chi connectivity index (χ1v) is 10.1. The molecular formula is C20H18N2O2S2. The van der Waals surface area contributed by atoms with Crippen LogP contribution in [0.2, 0.25) is 0 Å². The summed E-state index contributed by atoms with van der Waals surface area (Å²) in [5.41, 5.74) is 1.43. The standard InChI is InChI=1S/C20H18N2O2S2/c1-25-16-10-5-9-15(13-16)21-20(24)18(14-7-3-2-4-8-14)22-19(23)17-11-6-12-26-17/h2-13,18H,1H3,(H,21,24)(H,22,23). The van der Waals surface area contributed by atoms with Gasteiger partial charge in [0.05, 0.1) is 4.88 Å². The molecule has 3 aromatic rings. The molecular weight excluding hydrogens is 364 g/mol. The molecule has 132 valence electrons. The average molecular weight is 383 g/mol. The molecule has 0 aliphatic carbocycles. The van der Waals surface area contributed by atoms with Gasteiger partial charge in [0, 0.05) is 10.6 Å². The van der Waals surface area contributed by atoms with E-state index in [1.54, 1.807) is 17.8 Å². The molecule has 1 unspecified atom stereocenters. The molecule has 2 N–H and O–H groups in total. The Morgan fingerprint density at radius 1 is 1.00 bits per heavy atom. The largest absolute Gasteiger partial charge is 0.336 e. The van der Waals surface area contributed by atoms with Crippen molar-refractivity contribution < 1.29 is 9.59 Å². The third-order valence-corrected chi connectivity index (χ3v) is 5.35. The predicted molar refractivity (Wildman–Crippen MR) is 108 cm³/mol. The number of thioether (sulfide) groups is 1. The fourth-order valence-electron chi connectivity index (χ4n) is 2.47. The summed E-state index contributed by atoms with van der Waals surface area (Å²) in [5, 5.41) is 7.57. The number of carbonyl (C=O) groups is 2. The van der Waals surface area contributed by atoms with Crippen molar-refractivity contribution >= 4 is 40.6 Å². The van der Waals surface area contributed by atoms with Crippen LogP contribution in [0, 0.1) is 0 Å². The van der Waals surface area contributed by atoms with Gasteiger partial charge in [-0.3, -0.25) is 9.59 Å². The van der Waals surface area contributed by atoms with Gasteiger partial charge in [-0.05, 0) is 41.5 Å². The number of hydrogen-bond donors (Lipinski definition) is 2. The second-order valence-corrected chi connectivity index (χ2v) is 7.34. The summed E-state index contributed by atoms with van der Waals surface area (Å²) in [6, 6.07) is 19.6. The highest BCUT2D eigenvalue weighted by Gasteiger charge is 2.23. The van der Waals surface area contributed by atoms with Crippen molar-refractivity contribution in [2.75, 3.05) is 11.6 Å². The Balaban J connectivity index is 1.82. The van der Waals surface area contributed by atoms with Gasteiger partial charge in [-0.15, -0.1) is 23.1 Å². The summed E-state index contributed by atoms with van der Waals surface area (Å²) >= 11 is 2.95. The molecule has 0 bridgehead atoms. The molecule has 6 heteroatoms. The van der Waals surface area contributed by atoms with Gasteiger partial charge in [0.25, 0.3) is 11.8 Å². The molecule has 3 rings (SSSR count). The third kappa shape index (κ3) is 4.53. The van der Waals surface area contributed by atoms with Crippen LogP contribution >= 0.6 is 23.1 Å². The highest BCUT2D eigenvalue weighted by atomic mass is 32.2. The minimum atomic E-state index is -0.774. The lowest BCUT2D eigenvalue weighted by Gasteiger charge is -2.19. The smallest absolute Gasteiger partial charge is 0.262 e. The molecule has 0 aliphatic heterocycles. The lowest BCUT2D eigenvalue weighted by atomic mass is 10.1. The van der Waals surface area contributed by atoms with E-state index in [0.717, 1.165) is 10.5 Å². The van der Waals surface area contributed by atoms with Gasteiger partial charge in [-0.1, -0.05) is 42.5 Å². The van der Waals surface area contributed by atoms with Gasteiger partial charge in [0.1, 0.15) is 6.04 Å². The molecule has 0 fully saturated rings. The highest BCUT2D eigenvalue weighted by Crippen LogP contribution is 2.21. The molecule has 0 spiro atoms. The molecule has 1 atom stereocenters. The third-order valence-electron chi connectivity index (χ3n) is 3.75. The fraction of sp³-hybridized carbons (Fsp3) is 0.100. The van der Waals surface area contributed by atoms with Crippen LogP contribution in [0.3, 0.4) is 0 Å². The monoisotopic (exact) mass is 382 g/mol. The van der Waals surface area contributed by atoms with Gasteiger partial charge in [-0.2, -0.15) is 0 Å². The maximum atomic E-state index is 12.9. The molecule has 0 saturated heterocycles. The van der Waals surface area contributed by atoms with Crippen molar-refractivity contribution in [2.45, 2.75) is 10.9 Å². The lowest BCUT2D eigenvalue weighted by Crippen LogP contribution is -2.36. The molecule has 26 heavy (non-hydrogen) atoms. The zero-order valence-corrected chi connectivity index (χ0v) is 15.8. The summed E-state index contributed by atoms with van der Waals surface area (Å²) in [4.78, 5) is 27.0. The van der Waals surface area contributed by atoms with E-state index in [0.29, 0.717) is 10.6 Å². The van der Waals surface area contributed by atoms with Crippen LogP contribution in [0.25, 0.3) is 0 Å². The minimum Gasteiger partial charge on any atom is -0.336 e. The van der Waals surface area contributed by atoms with E-state index >= 15 is 0 Å². The molecule has 4 nitrogen and oxygen atoms in total. The average Bonchev–Trinajstić information content (AvgIpc) is 3.21. The van der Waals surface area contributed by atoms with Crippen LogP contribution in [-0.2, 0) is 4.79 Å². The molecule has 0 saturated carbocycles. The summed E-state index contributed by atoms with van der Waals surface area (Å²) in [5.74, 6) is -0.541. The molecule has 0 radical (unpaired) electrons. The van der Waals surface area contributed by atoms with Crippen molar-refractivity contribution in [3.63, 3.8) is 0 Å². The zero-order chi connectivity index (χ0) is 18.4. The lowest BCUT2D eigenvalue weighted by molar-refractivity contribution is -0.118. The van der Waals surface area contributed by atoms with Gasteiger partial charge in [-0.25, -0.2) is 0 Å². The number of carbonyl (C=O) groups excluding carboxylic acids is 2. The normalized spacial score (nSPS) is 11.6. The number of benzene rings is 2. The molecule has 2 amide bonds. The van der Waals surface area contributed by atoms with Crippen LogP contribution in [0.1, 0.15) is 21.3 Å². The minimum absolute atomic E-state index is 0.262. The Morgan fingerprint density at radius 2 is 1.81 bits per heavy atom. The van der Waals surface area contributed by atoms with Gasteiger partial charge in [0.2, 0.25) is 0 Å². The van der Waals surface area contributed by atoms with Gasteiger partial charge >= 0.3 is 0 Å². The number of amides is 2. The highest BCUT2D eigenvalue weighted by molar-refractivity contribution is 7.98. The van der Waals surface area contributed by atoms with E-state index in [9.17, 15) is 9.59 Å². The van der Waals surface area contributed by atoms with E-state index in [1.807, 2.05) is 72.3 Å². The summed E-state index contributed by atoms with van der Waals surface area (Å²) in [7, 11) is 0. The summed E-state index contributed by atoms with van der Waals surface area (Å²) in [6.45, 7) is 0. The van der Waals surface area contributed by atoms with Crippen molar-refractivity contribution in [3.8, 4) is 0 Å². The Hall–Kier alpha value is -2.57. The fourth-order valence-corrected chi connectivity index (χ4v) is 3.56. The first-order valence-electron chi connectivity index (χ1n) is 8.01. The Morgan fingerprint density at radius 3 is 2.50 bits per heavy atom. The number of nitrogens with one attached hydrogen (secondary N) is 2. The van der Waals surface area contributed by atoms with Gasteiger partial charge < -0.3 is 10.6 Å². The summed E-state index contributed by atoms with van der Waals surface area (Å²) < 4.78 is 0. The number of anilines is 1. The maximum absolute atomic E-state index is 12.9. The Bertz CT molecular complexity index is 880.